The number of nitrogen functional groups attached to an aromatic ring is 2. The second-order valence-corrected chi connectivity index (χ2v) is 7.34. The summed E-state index contributed by atoms with van der Waals surface area (Å²) in [5.41, 5.74) is 18.0. The van der Waals surface area contributed by atoms with Gasteiger partial charge in [-0.05, 0) is 73.9 Å². The first kappa shape index (κ1) is 17.3. The zero-order chi connectivity index (χ0) is 18.2. The van der Waals surface area contributed by atoms with Crippen molar-refractivity contribution in [3.8, 4) is 0 Å². The molecule has 0 heterocycles. The maximum absolute atomic E-state index is 11.4. The van der Waals surface area contributed by atoms with Crippen LogP contribution in [0, 0.1) is 19.8 Å². The topological polar surface area (TPSA) is 89.3 Å². The van der Waals surface area contributed by atoms with Crippen molar-refractivity contribution in [1.29, 1.82) is 0 Å². The molecule has 1 saturated carbocycles. The van der Waals surface area contributed by atoms with Gasteiger partial charge >= 0.3 is 5.97 Å². The summed E-state index contributed by atoms with van der Waals surface area (Å²) in [6, 6.07) is 12.4. The molecule has 0 atom stereocenters. The molecule has 0 radical (unpaired) electrons. The highest BCUT2D eigenvalue weighted by Crippen LogP contribution is 2.47. The predicted molar refractivity (Wildman–Crippen MR) is 102 cm³/mol. The Bertz CT molecular complexity index is 752. The molecule has 3 rings (SSSR count). The Morgan fingerprint density at radius 1 is 0.960 bits per heavy atom. The fourth-order valence-corrected chi connectivity index (χ4v) is 4.05. The molecule has 0 aromatic heterocycles. The van der Waals surface area contributed by atoms with E-state index < -0.39 is 5.97 Å². The van der Waals surface area contributed by atoms with Gasteiger partial charge in [-0.2, -0.15) is 0 Å². The maximum Gasteiger partial charge on any atom is 0.306 e. The molecule has 0 saturated heterocycles. The van der Waals surface area contributed by atoms with Gasteiger partial charge in [-0.25, -0.2) is 0 Å². The first-order chi connectivity index (χ1) is 11.8. The lowest BCUT2D eigenvalue weighted by atomic mass is 9.62. The highest BCUT2D eigenvalue weighted by atomic mass is 16.4. The Hall–Kier alpha value is -2.49. The molecule has 4 nitrogen and oxygen atoms in total. The van der Waals surface area contributed by atoms with Gasteiger partial charge < -0.3 is 16.6 Å². The number of rotatable bonds is 3. The predicted octanol–water partition coefficient (Wildman–Crippen LogP) is 4.03. The lowest BCUT2D eigenvalue weighted by molar-refractivity contribution is -0.143. The van der Waals surface area contributed by atoms with E-state index in [2.05, 4.69) is 24.3 Å². The highest BCUT2D eigenvalue weighted by Gasteiger charge is 2.40. The SMILES string of the molecule is Cc1cc(C2(c3ccc(N)c(C)c3)CCC(C(=O)O)CC2)ccc1N. The van der Waals surface area contributed by atoms with Gasteiger partial charge in [-0.15, -0.1) is 0 Å². The van der Waals surface area contributed by atoms with Crippen LogP contribution in [-0.2, 0) is 10.2 Å². The van der Waals surface area contributed by atoms with E-state index in [-0.39, 0.29) is 11.3 Å². The zero-order valence-corrected chi connectivity index (χ0v) is 14.9. The van der Waals surface area contributed by atoms with Crippen LogP contribution in [0.2, 0.25) is 0 Å². The monoisotopic (exact) mass is 338 g/mol. The van der Waals surface area contributed by atoms with Crippen LogP contribution in [0.1, 0.15) is 47.9 Å². The van der Waals surface area contributed by atoms with Crippen LogP contribution >= 0.6 is 0 Å². The van der Waals surface area contributed by atoms with Crippen molar-refractivity contribution < 1.29 is 9.90 Å². The van der Waals surface area contributed by atoms with Gasteiger partial charge in [-0.1, -0.05) is 24.3 Å². The van der Waals surface area contributed by atoms with Crippen LogP contribution in [0.3, 0.4) is 0 Å². The molecule has 0 bridgehead atoms. The molecule has 1 aliphatic rings. The minimum Gasteiger partial charge on any atom is -0.481 e. The number of nitrogens with two attached hydrogens (primary N) is 2. The number of aryl methyl sites for hydroxylation is 2. The van der Waals surface area contributed by atoms with E-state index in [1.807, 2.05) is 26.0 Å². The standard InChI is InChI=1S/C21H26N2O2/c1-13-11-16(3-5-18(13)22)21(9-7-15(8-10-21)20(24)25)17-4-6-19(23)14(2)12-17/h3-6,11-12,15H,7-10,22-23H2,1-2H3,(H,24,25). The number of hydrogen-bond acceptors (Lipinski definition) is 3. The van der Waals surface area contributed by atoms with Crippen LogP contribution in [0.5, 0.6) is 0 Å². The number of aliphatic carboxylic acids is 1. The number of carboxylic acids is 1. The fraction of sp³-hybridized carbons (Fsp3) is 0.381. The molecule has 4 heteroatoms. The lowest BCUT2D eigenvalue weighted by Crippen LogP contribution is -2.35. The molecule has 1 aliphatic carbocycles. The van der Waals surface area contributed by atoms with E-state index in [0.717, 1.165) is 35.3 Å². The number of carbonyl (C=O) groups is 1. The summed E-state index contributed by atoms with van der Waals surface area (Å²) >= 11 is 0. The number of hydrogen-bond donors (Lipinski definition) is 3. The Kier molecular flexibility index (Phi) is 4.46. The quantitative estimate of drug-likeness (QED) is 0.737. The van der Waals surface area contributed by atoms with Gasteiger partial charge in [0, 0.05) is 16.8 Å². The average Bonchev–Trinajstić information content (AvgIpc) is 2.59. The van der Waals surface area contributed by atoms with E-state index in [0.29, 0.717) is 12.8 Å². The maximum atomic E-state index is 11.4. The molecule has 2 aromatic rings. The number of benzene rings is 2. The molecule has 0 spiro atoms. The Morgan fingerprint density at radius 2 is 1.40 bits per heavy atom. The van der Waals surface area contributed by atoms with Gasteiger partial charge in [0.1, 0.15) is 0 Å². The van der Waals surface area contributed by atoms with Crippen LogP contribution in [0.15, 0.2) is 36.4 Å². The van der Waals surface area contributed by atoms with Gasteiger partial charge in [0.2, 0.25) is 0 Å². The van der Waals surface area contributed by atoms with E-state index >= 15 is 0 Å². The highest BCUT2D eigenvalue weighted by molar-refractivity contribution is 5.70. The normalized spacial score (nSPS) is 17.4. The number of anilines is 2. The zero-order valence-electron chi connectivity index (χ0n) is 14.9. The number of carboxylic acid groups (broad SMARTS) is 1. The molecule has 0 unspecified atom stereocenters. The van der Waals surface area contributed by atoms with Crippen molar-refractivity contribution in [2.45, 2.75) is 44.9 Å². The van der Waals surface area contributed by atoms with E-state index in [1.165, 1.54) is 11.1 Å². The van der Waals surface area contributed by atoms with Crippen molar-refractivity contribution in [2.24, 2.45) is 5.92 Å². The lowest BCUT2D eigenvalue weighted by Gasteiger charge is -2.41. The van der Waals surface area contributed by atoms with Gasteiger partial charge in [-0.3, -0.25) is 4.79 Å². The molecular weight excluding hydrogens is 312 g/mol. The average molecular weight is 338 g/mol. The first-order valence-corrected chi connectivity index (χ1v) is 8.79. The Labute approximate surface area is 148 Å². The molecule has 1 fully saturated rings. The van der Waals surface area contributed by atoms with Crippen LogP contribution < -0.4 is 11.5 Å². The second kappa shape index (κ2) is 6.43. The van der Waals surface area contributed by atoms with Gasteiger partial charge in [0.05, 0.1) is 5.92 Å². The molecule has 25 heavy (non-hydrogen) atoms. The largest absolute Gasteiger partial charge is 0.481 e. The van der Waals surface area contributed by atoms with Crippen LogP contribution in [0.25, 0.3) is 0 Å². The molecule has 0 aliphatic heterocycles. The summed E-state index contributed by atoms with van der Waals surface area (Å²) in [6.45, 7) is 4.04. The summed E-state index contributed by atoms with van der Waals surface area (Å²) in [5, 5.41) is 9.38. The van der Waals surface area contributed by atoms with Gasteiger partial charge in [0.15, 0.2) is 0 Å². The third-order valence-electron chi connectivity index (χ3n) is 5.83. The molecular formula is C21H26N2O2. The van der Waals surface area contributed by atoms with Crippen molar-refractivity contribution in [3.05, 3.63) is 58.7 Å². The smallest absolute Gasteiger partial charge is 0.306 e. The Balaban J connectivity index is 2.10. The third-order valence-corrected chi connectivity index (χ3v) is 5.83. The van der Waals surface area contributed by atoms with Crippen molar-refractivity contribution >= 4 is 17.3 Å². The molecule has 132 valence electrons. The minimum atomic E-state index is -0.685. The fourth-order valence-electron chi connectivity index (χ4n) is 4.05. The summed E-state index contributed by atoms with van der Waals surface area (Å²) in [7, 11) is 0. The summed E-state index contributed by atoms with van der Waals surface area (Å²) in [6.07, 6.45) is 3.00. The van der Waals surface area contributed by atoms with Crippen molar-refractivity contribution in [2.75, 3.05) is 11.5 Å². The third kappa shape index (κ3) is 3.09. The van der Waals surface area contributed by atoms with Gasteiger partial charge in [0.25, 0.3) is 0 Å². The van der Waals surface area contributed by atoms with E-state index in [9.17, 15) is 9.90 Å². The Morgan fingerprint density at radius 3 is 1.76 bits per heavy atom. The summed E-state index contributed by atoms with van der Waals surface area (Å²) in [5.74, 6) is -0.937. The summed E-state index contributed by atoms with van der Waals surface area (Å²) in [4.78, 5) is 11.4. The second-order valence-electron chi connectivity index (χ2n) is 7.34. The van der Waals surface area contributed by atoms with Crippen LogP contribution in [0.4, 0.5) is 11.4 Å². The molecule has 0 amide bonds. The molecule has 5 N–H and O–H groups in total. The molecule has 2 aromatic carbocycles. The van der Waals surface area contributed by atoms with Crippen molar-refractivity contribution in [3.63, 3.8) is 0 Å². The minimum absolute atomic E-state index is 0.178. The van der Waals surface area contributed by atoms with Crippen LogP contribution in [-0.4, -0.2) is 11.1 Å². The van der Waals surface area contributed by atoms with E-state index in [4.69, 9.17) is 11.5 Å². The first-order valence-electron chi connectivity index (χ1n) is 8.79. The summed E-state index contributed by atoms with van der Waals surface area (Å²) < 4.78 is 0. The van der Waals surface area contributed by atoms with E-state index in [1.54, 1.807) is 0 Å². The van der Waals surface area contributed by atoms with Crippen molar-refractivity contribution in [1.82, 2.24) is 0 Å².